The number of carbonyl (C=O) groups is 1. The first-order valence-corrected chi connectivity index (χ1v) is 8.54. The van der Waals surface area contributed by atoms with Crippen LogP contribution in [0.25, 0.3) is 11.0 Å². The van der Waals surface area contributed by atoms with Gasteiger partial charge in [0.2, 0.25) is 0 Å². The van der Waals surface area contributed by atoms with Gasteiger partial charge in [-0.05, 0) is 30.7 Å². The SMILES string of the molecule is COc1ccc2c(c1)OCC(Cc1coc3cc(OC)ccc3c1=O)C2=O. The molecule has 0 amide bonds. The maximum Gasteiger partial charge on any atom is 0.195 e. The Kier molecular flexibility index (Phi) is 4.32. The van der Waals surface area contributed by atoms with Crippen molar-refractivity contribution in [3.63, 3.8) is 0 Å². The first-order chi connectivity index (χ1) is 13.1. The zero-order chi connectivity index (χ0) is 19.0. The number of Topliss-reactive ketones (excluding diaryl/α,β-unsaturated/α-hetero) is 1. The highest BCUT2D eigenvalue weighted by Crippen LogP contribution is 2.32. The number of ketones is 1. The lowest BCUT2D eigenvalue weighted by Gasteiger charge is -2.24. The molecule has 2 aromatic carbocycles. The minimum atomic E-state index is -0.440. The lowest BCUT2D eigenvalue weighted by molar-refractivity contribution is 0.0829. The van der Waals surface area contributed by atoms with Crippen LogP contribution >= 0.6 is 0 Å². The lowest BCUT2D eigenvalue weighted by Crippen LogP contribution is -2.31. The molecule has 1 aliphatic heterocycles. The van der Waals surface area contributed by atoms with Gasteiger partial charge in [-0.3, -0.25) is 9.59 Å². The Bertz CT molecular complexity index is 1080. The molecule has 0 N–H and O–H groups in total. The van der Waals surface area contributed by atoms with Gasteiger partial charge >= 0.3 is 0 Å². The largest absolute Gasteiger partial charge is 0.497 e. The molecule has 0 bridgehead atoms. The van der Waals surface area contributed by atoms with Gasteiger partial charge in [0, 0.05) is 17.7 Å². The number of hydrogen-bond donors (Lipinski definition) is 0. The second-order valence-electron chi connectivity index (χ2n) is 6.39. The average molecular weight is 366 g/mol. The van der Waals surface area contributed by atoms with Crippen molar-refractivity contribution in [2.24, 2.45) is 5.92 Å². The van der Waals surface area contributed by atoms with Crippen LogP contribution in [0.3, 0.4) is 0 Å². The van der Waals surface area contributed by atoms with Gasteiger partial charge in [-0.25, -0.2) is 0 Å². The average Bonchev–Trinajstić information content (AvgIpc) is 2.71. The van der Waals surface area contributed by atoms with Crippen LogP contribution in [-0.4, -0.2) is 26.6 Å². The van der Waals surface area contributed by atoms with Crippen molar-refractivity contribution < 1.29 is 23.4 Å². The summed E-state index contributed by atoms with van der Waals surface area (Å²) >= 11 is 0. The topological polar surface area (TPSA) is 75.0 Å². The summed E-state index contributed by atoms with van der Waals surface area (Å²) in [6, 6.07) is 10.2. The van der Waals surface area contributed by atoms with Gasteiger partial charge in [0.25, 0.3) is 0 Å². The molecule has 4 rings (SSSR count). The fourth-order valence-electron chi connectivity index (χ4n) is 3.27. The van der Waals surface area contributed by atoms with Crippen LogP contribution in [-0.2, 0) is 6.42 Å². The third-order valence-corrected chi connectivity index (χ3v) is 4.78. The molecule has 0 spiro atoms. The second kappa shape index (κ2) is 6.79. The Labute approximate surface area is 155 Å². The summed E-state index contributed by atoms with van der Waals surface area (Å²) in [6.07, 6.45) is 1.68. The van der Waals surface area contributed by atoms with Crippen LogP contribution < -0.4 is 19.6 Å². The highest BCUT2D eigenvalue weighted by Gasteiger charge is 2.30. The van der Waals surface area contributed by atoms with Gasteiger partial charge < -0.3 is 18.6 Å². The minimum Gasteiger partial charge on any atom is -0.497 e. The standard InChI is InChI=1S/C21H18O6/c1-24-14-3-5-16-18(8-14)26-10-12(20(16)22)7-13-11-27-19-9-15(25-2)4-6-17(19)21(13)23/h3-6,8-10,13H,7,11H2,1-2H3. The predicted octanol–water partition coefficient (Wildman–Crippen LogP) is 3.24. The zero-order valence-electron chi connectivity index (χ0n) is 15.0. The summed E-state index contributed by atoms with van der Waals surface area (Å²) in [4.78, 5) is 25.6. The summed E-state index contributed by atoms with van der Waals surface area (Å²) in [5, 5.41) is 0.461. The van der Waals surface area contributed by atoms with Crippen LogP contribution in [0.15, 0.2) is 51.9 Å². The van der Waals surface area contributed by atoms with Crippen molar-refractivity contribution in [1.29, 1.82) is 0 Å². The van der Waals surface area contributed by atoms with Gasteiger partial charge in [0.15, 0.2) is 11.2 Å². The van der Waals surface area contributed by atoms with Crippen LogP contribution in [0, 0.1) is 5.92 Å². The van der Waals surface area contributed by atoms with Crippen LogP contribution in [0.2, 0.25) is 0 Å². The molecular weight excluding hydrogens is 348 g/mol. The van der Waals surface area contributed by atoms with Crippen molar-refractivity contribution in [2.45, 2.75) is 6.42 Å². The van der Waals surface area contributed by atoms with Crippen molar-refractivity contribution in [3.8, 4) is 17.2 Å². The molecule has 1 atom stereocenters. The number of fused-ring (bicyclic) bond motifs is 2. The Hall–Kier alpha value is -3.28. The molecule has 0 saturated heterocycles. The molecule has 6 nitrogen and oxygen atoms in total. The van der Waals surface area contributed by atoms with E-state index in [2.05, 4.69) is 0 Å². The molecule has 0 aliphatic carbocycles. The summed E-state index contributed by atoms with van der Waals surface area (Å²) in [5.41, 5.74) is 1.26. The number of carbonyl (C=O) groups excluding carboxylic acids is 1. The fraction of sp³-hybridized carbons (Fsp3) is 0.238. The van der Waals surface area contributed by atoms with E-state index in [1.54, 1.807) is 50.6 Å². The molecule has 27 heavy (non-hydrogen) atoms. The number of ether oxygens (including phenoxy) is 3. The van der Waals surface area contributed by atoms with Gasteiger partial charge in [-0.1, -0.05) is 0 Å². The van der Waals surface area contributed by atoms with Gasteiger partial charge in [0.1, 0.15) is 22.8 Å². The Morgan fingerprint density at radius 3 is 2.56 bits per heavy atom. The maximum absolute atomic E-state index is 12.8. The summed E-state index contributed by atoms with van der Waals surface area (Å²) < 4.78 is 21.6. The molecule has 0 fully saturated rings. The summed E-state index contributed by atoms with van der Waals surface area (Å²) in [7, 11) is 3.11. The van der Waals surface area contributed by atoms with E-state index in [4.69, 9.17) is 18.6 Å². The highest BCUT2D eigenvalue weighted by atomic mass is 16.5. The van der Waals surface area contributed by atoms with Crippen molar-refractivity contribution >= 4 is 16.8 Å². The van der Waals surface area contributed by atoms with E-state index in [0.717, 1.165) is 0 Å². The smallest absolute Gasteiger partial charge is 0.195 e. The van der Waals surface area contributed by atoms with Crippen molar-refractivity contribution in [3.05, 3.63) is 64.0 Å². The molecule has 1 aromatic heterocycles. The van der Waals surface area contributed by atoms with Crippen molar-refractivity contribution in [2.75, 3.05) is 20.8 Å². The van der Waals surface area contributed by atoms with Crippen LogP contribution in [0.4, 0.5) is 0 Å². The van der Waals surface area contributed by atoms with Crippen LogP contribution in [0.5, 0.6) is 17.2 Å². The van der Waals surface area contributed by atoms with E-state index in [1.165, 1.54) is 6.26 Å². The quantitative estimate of drug-likeness (QED) is 0.706. The van der Waals surface area contributed by atoms with E-state index in [-0.39, 0.29) is 24.2 Å². The summed E-state index contributed by atoms with van der Waals surface area (Å²) in [6.45, 7) is 0.207. The molecule has 6 heteroatoms. The number of benzene rings is 2. The zero-order valence-corrected chi connectivity index (χ0v) is 15.0. The minimum absolute atomic E-state index is 0.0480. The monoisotopic (exact) mass is 366 g/mol. The highest BCUT2D eigenvalue weighted by molar-refractivity contribution is 6.01. The first-order valence-electron chi connectivity index (χ1n) is 8.54. The van der Waals surface area contributed by atoms with E-state index in [9.17, 15) is 9.59 Å². The molecule has 1 aliphatic rings. The van der Waals surface area contributed by atoms with E-state index in [1.807, 2.05) is 0 Å². The van der Waals surface area contributed by atoms with E-state index in [0.29, 0.717) is 39.3 Å². The summed E-state index contributed by atoms with van der Waals surface area (Å²) in [5.74, 6) is 1.26. The molecule has 1 unspecified atom stereocenters. The number of methoxy groups -OCH3 is 2. The molecular formula is C21H18O6. The van der Waals surface area contributed by atoms with Crippen LogP contribution in [0.1, 0.15) is 15.9 Å². The number of hydrogen-bond acceptors (Lipinski definition) is 6. The van der Waals surface area contributed by atoms with Gasteiger partial charge in [-0.2, -0.15) is 0 Å². The van der Waals surface area contributed by atoms with E-state index < -0.39 is 5.92 Å². The van der Waals surface area contributed by atoms with Gasteiger partial charge in [-0.15, -0.1) is 0 Å². The third-order valence-electron chi connectivity index (χ3n) is 4.78. The second-order valence-corrected chi connectivity index (χ2v) is 6.39. The Morgan fingerprint density at radius 1 is 1.04 bits per heavy atom. The molecule has 3 aromatic rings. The Balaban J connectivity index is 1.63. The third kappa shape index (κ3) is 3.03. The lowest BCUT2D eigenvalue weighted by atomic mass is 9.90. The molecule has 2 heterocycles. The molecule has 0 radical (unpaired) electrons. The maximum atomic E-state index is 12.8. The molecule has 138 valence electrons. The predicted molar refractivity (Wildman–Crippen MR) is 99.0 cm³/mol. The van der Waals surface area contributed by atoms with Crippen molar-refractivity contribution in [1.82, 2.24) is 0 Å². The Morgan fingerprint density at radius 2 is 1.78 bits per heavy atom. The number of rotatable bonds is 4. The first kappa shape index (κ1) is 17.1. The van der Waals surface area contributed by atoms with E-state index >= 15 is 0 Å². The fourth-order valence-corrected chi connectivity index (χ4v) is 3.27. The van der Waals surface area contributed by atoms with Gasteiger partial charge in [0.05, 0.1) is 44.0 Å². The normalized spacial score (nSPS) is 15.9. The molecule has 0 saturated carbocycles.